The summed E-state index contributed by atoms with van der Waals surface area (Å²) < 4.78 is 26.3. The summed E-state index contributed by atoms with van der Waals surface area (Å²) >= 11 is 0. The van der Waals surface area contributed by atoms with Crippen LogP contribution in [0.4, 0.5) is 0 Å². The largest absolute Gasteiger partial charge is 0.469 e. The number of phosphoric ester groups is 1. The lowest BCUT2D eigenvalue weighted by atomic mass is 10.1. The van der Waals surface area contributed by atoms with Crippen molar-refractivity contribution in [2.45, 2.75) is 200 Å². The van der Waals surface area contributed by atoms with E-state index in [0.717, 1.165) is 51.4 Å². The molecule has 2 N–H and O–H groups in total. The van der Waals surface area contributed by atoms with Gasteiger partial charge in [-0.1, -0.05) is 154 Å². The first-order valence-corrected chi connectivity index (χ1v) is 20.5. The van der Waals surface area contributed by atoms with Crippen molar-refractivity contribution in [3.63, 3.8) is 0 Å². The van der Waals surface area contributed by atoms with Gasteiger partial charge in [-0.15, -0.1) is 0 Å². The molecular weight excluding hydrogens is 603 g/mol. The van der Waals surface area contributed by atoms with Gasteiger partial charge in [-0.3, -0.25) is 14.1 Å². The van der Waals surface area contributed by atoms with Gasteiger partial charge in [-0.05, 0) is 38.5 Å². The zero-order chi connectivity index (χ0) is 34.0. The molecule has 0 spiro atoms. The normalized spacial score (nSPS) is 12.5. The van der Waals surface area contributed by atoms with Crippen molar-refractivity contribution in [2.24, 2.45) is 0 Å². The second-order valence-electron chi connectivity index (χ2n) is 12.9. The number of ether oxygens (including phenoxy) is 2. The number of hydrogen-bond donors (Lipinski definition) is 2. The first kappa shape index (κ1) is 44.8. The van der Waals surface area contributed by atoms with Crippen LogP contribution in [0.2, 0.25) is 0 Å². The fourth-order valence-corrected chi connectivity index (χ4v) is 5.79. The van der Waals surface area contributed by atoms with Crippen LogP contribution in [0.5, 0.6) is 0 Å². The van der Waals surface area contributed by atoms with E-state index in [4.69, 9.17) is 19.3 Å². The van der Waals surface area contributed by atoms with Gasteiger partial charge < -0.3 is 19.3 Å². The number of unbranched alkanes of at least 4 members (excludes halogenated alkanes) is 23. The molecule has 272 valence electrons. The Labute approximate surface area is 282 Å². The molecule has 0 aliphatic carbocycles. The minimum atomic E-state index is -4.74. The predicted octanol–water partition coefficient (Wildman–Crippen LogP) is 11.1. The highest BCUT2D eigenvalue weighted by molar-refractivity contribution is 7.46. The molecule has 1 atom stereocenters. The smallest absolute Gasteiger partial charge is 0.462 e. The Hall–Kier alpha value is -1.21. The monoisotopic (exact) mass is 674 g/mol. The fraction of sp³-hybridized carbons (Fsp3) is 0.892. The van der Waals surface area contributed by atoms with Crippen molar-refractivity contribution < 1.29 is 37.9 Å². The molecule has 9 heteroatoms. The molecule has 0 amide bonds. The van der Waals surface area contributed by atoms with Crippen LogP contribution in [0, 0.1) is 0 Å². The standard InChI is InChI=1S/C37H71O8P/c1-3-5-7-9-11-13-15-16-17-18-19-20-22-23-25-27-29-31-36(38)43-33-35(34-44-46(40,41)42)45-37(39)32-30-28-26-24-21-14-12-10-8-6-4-2/h16-17,35H,3-15,18-34H2,1-2H3,(H2,40,41,42)/b17-16+/t35-/m1/s1. The van der Waals surface area contributed by atoms with Crippen LogP contribution in [-0.2, 0) is 28.2 Å². The lowest BCUT2D eigenvalue weighted by Gasteiger charge is -2.18. The van der Waals surface area contributed by atoms with E-state index in [1.165, 1.54) is 109 Å². The molecule has 0 bridgehead atoms. The van der Waals surface area contributed by atoms with Crippen LogP contribution in [0.1, 0.15) is 194 Å². The average molecular weight is 675 g/mol. The lowest BCUT2D eigenvalue weighted by molar-refractivity contribution is -0.161. The summed E-state index contributed by atoms with van der Waals surface area (Å²) in [7, 11) is -4.74. The van der Waals surface area contributed by atoms with Crippen LogP contribution in [0.3, 0.4) is 0 Å². The van der Waals surface area contributed by atoms with Gasteiger partial charge in [-0.2, -0.15) is 0 Å². The van der Waals surface area contributed by atoms with E-state index in [9.17, 15) is 14.2 Å². The Kier molecular flexibility index (Phi) is 32.8. The minimum Gasteiger partial charge on any atom is -0.462 e. The summed E-state index contributed by atoms with van der Waals surface area (Å²) in [6.07, 6.45) is 35.0. The molecule has 0 aliphatic rings. The summed E-state index contributed by atoms with van der Waals surface area (Å²) in [5, 5.41) is 0. The Morgan fingerprint density at radius 3 is 1.33 bits per heavy atom. The molecule has 0 fully saturated rings. The molecule has 0 heterocycles. The van der Waals surface area contributed by atoms with Gasteiger partial charge in [0.1, 0.15) is 6.61 Å². The van der Waals surface area contributed by atoms with Crippen LogP contribution in [0.25, 0.3) is 0 Å². The molecular formula is C37H71O8P. The maximum atomic E-state index is 12.3. The number of carbonyl (C=O) groups excluding carboxylic acids is 2. The van der Waals surface area contributed by atoms with Crippen molar-refractivity contribution in [2.75, 3.05) is 13.2 Å². The van der Waals surface area contributed by atoms with Gasteiger partial charge in [-0.25, -0.2) is 4.57 Å². The first-order valence-electron chi connectivity index (χ1n) is 19.0. The number of rotatable bonds is 35. The van der Waals surface area contributed by atoms with Gasteiger partial charge >= 0.3 is 19.8 Å². The van der Waals surface area contributed by atoms with Gasteiger partial charge in [0, 0.05) is 12.8 Å². The van der Waals surface area contributed by atoms with E-state index in [1.807, 2.05) is 0 Å². The molecule has 0 radical (unpaired) electrons. The van der Waals surface area contributed by atoms with Crippen molar-refractivity contribution in [3.05, 3.63) is 12.2 Å². The molecule has 0 saturated carbocycles. The summed E-state index contributed by atoms with van der Waals surface area (Å²) in [5.74, 6) is -0.884. The maximum Gasteiger partial charge on any atom is 0.469 e. The number of carbonyl (C=O) groups is 2. The molecule has 0 aromatic rings. The van der Waals surface area contributed by atoms with Crippen LogP contribution >= 0.6 is 7.82 Å². The molecule has 0 aromatic heterocycles. The highest BCUT2D eigenvalue weighted by Crippen LogP contribution is 2.36. The number of phosphoric acid groups is 1. The maximum absolute atomic E-state index is 12.3. The second-order valence-corrected chi connectivity index (χ2v) is 14.1. The highest BCUT2D eigenvalue weighted by Gasteiger charge is 2.22. The van der Waals surface area contributed by atoms with Crippen molar-refractivity contribution in [1.82, 2.24) is 0 Å². The molecule has 0 unspecified atom stereocenters. The minimum absolute atomic E-state index is 0.216. The predicted molar refractivity (Wildman–Crippen MR) is 189 cm³/mol. The molecule has 8 nitrogen and oxygen atoms in total. The zero-order valence-corrected chi connectivity index (χ0v) is 30.6. The first-order chi connectivity index (χ1) is 22.3. The fourth-order valence-electron chi connectivity index (χ4n) is 5.43. The molecule has 0 aliphatic heterocycles. The molecule has 0 saturated heterocycles. The van der Waals surface area contributed by atoms with E-state index in [-0.39, 0.29) is 19.4 Å². The van der Waals surface area contributed by atoms with E-state index in [0.29, 0.717) is 6.42 Å². The third-order valence-electron chi connectivity index (χ3n) is 8.28. The second kappa shape index (κ2) is 33.7. The Morgan fingerprint density at radius 2 is 0.913 bits per heavy atom. The summed E-state index contributed by atoms with van der Waals surface area (Å²) in [4.78, 5) is 42.6. The van der Waals surface area contributed by atoms with Gasteiger partial charge in [0.05, 0.1) is 6.61 Å². The molecule has 0 aromatic carbocycles. The Balaban J connectivity index is 3.92. The van der Waals surface area contributed by atoms with E-state index in [1.54, 1.807) is 0 Å². The quantitative estimate of drug-likeness (QED) is 0.0295. The number of hydrogen-bond acceptors (Lipinski definition) is 6. The van der Waals surface area contributed by atoms with E-state index >= 15 is 0 Å². The van der Waals surface area contributed by atoms with Gasteiger partial charge in [0.2, 0.25) is 0 Å². The van der Waals surface area contributed by atoms with Gasteiger partial charge in [0.15, 0.2) is 6.10 Å². The SMILES string of the molecule is CCCCCCCC/C=C/CCCCCCCCCC(=O)OC[C@H](COP(=O)(O)O)OC(=O)CCCCCCCCCCCCC. The summed E-state index contributed by atoms with van der Waals surface area (Å²) in [6.45, 7) is 3.67. The number of esters is 2. The van der Waals surface area contributed by atoms with Gasteiger partial charge in [0.25, 0.3) is 0 Å². The van der Waals surface area contributed by atoms with E-state index in [2.05, 4.69) is 30.5 Å². The zero-order valence-electron chi connectivity index (χ0n) is 29.7. The van der Waals surface area contributed by atoms with Crippen molar-refractivity contribution in [3.8, 4) is 0 Å². The number of allylic oxidation sites excluding steroid dienone is 2. The summed E-state index contributed by atoms with van der Waals surface area (Å²) in [6, 6.07) is 0. The topological polar surface area (TPSA) is 119 Å². The molecule has 46 heavy (non-hydrogen) atoms. The van der Waals surface area contributed by atoms with Crippen LogP contribution in [-0.4, -0.2) is 41.0 Å². The average Bonchev–Trinajstić information content (AvgIpc) is 3.02. The molecule has 0 rings (SSSR count). The third-order valence-corrected chi connectivity index (χ3v) is 8.77. The Morgan fingerprint density at radius 1 is 0.543 bits per heavy atom. The summed E-state index contributed by atoms with van der Waals surface area (Å²) in [5.41, 5.74) is 0. The van der Waals surface area contributed by atoms with Crippen LogP contribution in [0.15, 0.2) is 12.2 Å². The Bertz CT molecular complexity index is 766. The van der Waals surface area contributed by atoms with Crippen molar-refractivity contribution in [1.29, 1.82) is 0 Å². The third kappa shape index (κ3) is 35.6. The van der Waals surface area contributed by atoms with E-state index < -0.39 is 32.5 Å². The van der Waals surface area contributed by atoms with Crippen LogP contribution < -0.4 is 0 Å². The lowest BCUT2D eigenvalue weighted by Crippen LogP contribution is -2.29. The highest BCUT2D eigenvalue weighted by atomic mass is 31.2. The van der Waals surface area contributed by atoms with Crippen molar-refractivity contribution >= 4 is 19.8 Å².